The topological polar surface area (TPSA) is 33.0 Å². The van der Waals surface area contributed by atoms with Crippen LogP contribution in [0.2, 0.25) is 9.36 Å². The van der Waals surface area contributed by atoms with Crippen LogP contribution in [-0.4, -0.2) is 0 Å². The number of benzene rings is 1. The van der Waals surface area contributed by atoms with Gasteiger partial charge < -0.3 is 4.74 Å². The second-order valence-corrected chi connectivity index (χ2v) is 5.43. The summed E-state index contributed by atoms with van der Waals surface area (Å²) in [5, 5.41) is 9.37. The van der Waals surface area contributed by atoms with Crippen molar-refractivity contribution in [1.82, 2.24) is 0 Å². The molecule has 0 radical (unpaired) electrons. The highest BCUT2D eigenvalue weighted by molar-refractivity contribution is 7.16. The van der Waals surface area contributed by atoms with Crippen molar-refractivity contribution in [1.29, 1.82) is 5.26 Å². The average molecular weight is 284 g/mol. The maximum atomic E-state index is 8.97. The van der Waals surface area contributed by atoms with Gasteiger partial charge in [0.05, 0.1) is 9.36 Å². The number of halogens is 2. The maximum Gasteiger partial charge on any atom is 0.139 e. The lowest BCUT2D eigenvalue weighted by Crippen LogP contribution is -1.95. The van der Waals surface area contributed by atoms with Gasteiger partial charge >= 0.3 is 0 Å². The van der Waals surface area contributed by atoms with Gasteiger partial charge in [-0.15, -0.1) is 11.3 Å². The van der Waals surface area contributed by atoms with Gasteiger partial charge in [-0.25, -0.2) is 0 Å². The van der Waals surface area contributed by atoms with Crippen molar-refractivity contribution < 1.29 is 4.74 Å². The molecule has 2 nitrogen and oxygen atoms in total. The third-order valence-corrected chi connectivity index (χ3v) is 3.61. The highest BCUT2D eigenvalue weighted by Crippen LogP contribution is 2.27. The lowest BCUT2D eigenvalue weighted by Gasteiger charge is -2.07. The molecule has 0 saturated heterocycles. The second-order valence-electron chi connectivity index (χ2n) is 3.22. The lowest BCUT2D eigenvalue weighted by atomic mass is 10.2. The summed E-state index contributed by atoms with van der Waals surface area (Å²) in [7, 11) is 0. The first-order chi connectivity index (χ1) is 8.20. The average Bonchev–Trinajstić information content (AvgIpc) is 2.72. The Labute approximate surface area is 113 Å². The van der Waals surface area contributed by atoms with Crippen LogP contribution in [0.5, 0.6) is 5.75 Å². The predicted molar refractivity (Wildman–Crippen MR) is 69.8 cm³/mol. The van der Waals surface area contributed by atoms with Gasteiger partial charge in [-0.1, -0.05) is 29.3 Å². The first-order valence-corrected chi connectivity index (χ1v) is 6.33. The van der Waals surface area contributed by atoms with E-state index in [0.717, 1.165) is 9.21 Å². The van der Waals surface area contributed by atoms with E-state index in [9.17, 15) is 0 Å². The van der Waals surface area contributed by atoms with Gasteiger partial charge in [-0.05, 0) is 24.3 Å². The zero-order chi connectivity index (χ0) is 12.3. The van der Waals surface area contributed by atoms with Crippen molar-refractivity contribution >= 4 is 34.5 Å². The predicted octanol–water partition coefficient (Wildman–Crippen LogP) is 4.51. The number of hydrogen-bond donors (Lipinski definition) is 0. The van der Waals surface area contributed by atoms with E-state index in [1.54, 1.807) is 18.2 Å². The summed E-state index contributed by atoms with van der Waals surface area (Å²) >= 11 is 13.2. The molecule has 0 aliphatic heterocycles. The molecule has 1 aromatic heterocycles. The fraction of sp³-hybridized carbons (Fsp3) is 0.0833. The van der Waals surface area contributed by atoms with E-state index in [1.807, 2.05) is 18.2 Å². The highest BCUT2D eigenvalue weighted by Gasteiger charge is 2.08. The number of thiophene rings is 1. The Morgan fingerprint density at radius 3 is 2.71 bits per heavy atom. The minimum atomic E-state index is 0.358. The number of nitriles is 1. The van der Waals surface area contributed by atoms with E-state index >= 15 is 0 Å². The van der Waals surface area contributed by atoms with Crippen molar-refractivity contribution in [3.8, 4) is 11.8 Å². The van der Waals surface area contributed by atoms with Gasteiger partial charge in [0.2, 0.25) is 0 Å². The van der Waals surface area contributed by atoms with Crippen molar-refractivity contribution in [3.05, 3.63) is 50.1 Å². The summed E-state index contributed by atoms with van der Waals surface area (Å²) in [6, 6.07) is 10.9. The van der Waals surface area contributed by atoms with Crippen molar-refractivity contribution in [2.24, 2.45) is 0 Å². The molecule has 1 aromatic carbocycles. The van der Waals surface area contributed by atoms with Gasteiger partial charge in [-0.2, -0.15) is 5.26 Å². The van der Waals surface area contributed by atoms with Crippen LogP contribution >= 0.6 is 34.5 Å². The molecule has 0 N–H and O–H groups in total. The monoisotopic (exact) mass is 283 g/mol. The molecular weight excluding hydrogens is 277 g/mol. The molecule has 17 heavy (non-hydrogen) atoms. The van der Waals surface area contributed by atoms with Crippen molar-refractivity contribution in [2.75, 3.05) is 0 Å². The molecule has 0 amide bonds. The first kappa shape index (κ1) is 12.3. The van der Waals surface area contributed by atoms with Gasteiger partial charge in [0.1, 0.15) is 24.0 Å². The third-order valence-electron chi connectivity index (χ3n) is 2.09. The van der Waals surface area contributed by atoms with Crippen LogP contribution in [0.1, 0.15) is 10.4 Å². The summed E-state index contributed by atoms with van der Waals surface area (Å²) in [5.41, 5.74) is 0.358. The summed E-state index contributed by atoms with van der Waals surface area (Å²) in [5.74, 6) is 0.490. The Kier molecular flexibility index (Phi) is 3.90. The first-order valence-electron chi connectivity index (χ1n) is 4.76. The van der Waals surface area contributed by atoms with Crippen LogP contribution in [0.4, 0.5) is 0 Å². The number of hydrogen-bond acceptors (Lipinski definition) is 3. The third kappa shape index (κ3) is 2.92. The van der Waals surface area contributed by atoms with E-state index in [0.29, 0.717) is 22.9 Å². The summed E-state index contributed by atoms with van der Waals surface area (Å²) in [6.45, 7) is 0.381. The van der Waals surface area contributed by atoms with Crippen LogP contribution < -0.4 is 4.74 Å². The van der Waals surface area contributed by atoms with E-state index in [2.05, 4.69) is 0 Å². The number of rotatable bonds is 3. The standard InChI is InChI=1S/C12H7Cl2NOS/c13-10-2-1-3-11(9(10)6-15)16-7-8-4-5-12(14)17-8/h1-5H,7H2. The molecule has 2 rings (SSSR count). The quantitative estimate of drug-likeness (QED) is 0.831. The Morgan fingerprint density at radius 1 is 1.24 bits per heavy atom. The van der Waals surface area contributed by atoms with Crippen LogP contribution in [-0.2, 0) is 6.61 Å². The Bertz CT molecular complexity index is 574. The molecular formula is C12H7Cl2NOS. The van der Waals surface area contributed by atoms with E-state index in [4.69, 9.17) is 33.2 Å². The lowest BCUT2D eigenvalue weighted by molar-refractivity contribution is 0.309. The number of ether oxygens (including phenoxy) is 1. The van der Waals surface area contributed by atoms with E-state index in [1.165, 1.54) is 11.3 Å². The fourth-order valence-electron chi connectivity index (χ4n) is 1.31. The molecule has 1 heterocycles. The van der Waals surface area contributed by atoms with E-state index < -0.39 is 0 Å². The SMILES string of the molecule is N#Cc1c(Cl)cccc1OCc1ccc(Cl)s1. The van der Waals surface area contributed by atoms with Crippen molar-refractivity contribution in [2.45, 2.75) is 6.61 Å². The minimum absolute atomic E-state index is 0.358. The molecule has 5 heteroatoms. The molecule has 0 fully saturated rings. The smallest absolute Gasteiger partial charge is 0.139 e. The number of nitrogens with zero attached hydrogens (tertiary/aromatic N) is 1. The van der Waals surface area contributed by atoms with Gasteiger partial charge in [0.15, 0.2) is 0 Å². The second kappa shape index (κ2) is 5.42. The molecule has 86 valence electrons. The highest BCUT2D eigenvalue weighted by atomic mass is 35.5. The molecule has 0 spiro atoms. The molecule has 0 bridgehead atoms. The summed E-state index contributed by atoms with van der Waals surface area (Å²) < 4.78 is 6.27. The Morgan fingerprint density at radius 2 is 2.06 bits per heavy atom. The van der Waals surface area contributed by atoms with Crippen molar-refractivity contribution in [3.63, 3.8) is 0 Å². The summed E-state index contributed by atoms with van der Waals surface area (Å²) in [4.78, 5) is 0.999. The Balaban J connectivity index is 2.14. The molecule has 0 aliphatic rings. The molecule has 0 unspecified atom stereocenters. The van der Waals surface area contributed by atoms with Crippen LogP contribution in [0.25, 0.3) is 0 Å². The van der Waals surface area contributed by atoms with Crippen LogP contribution in [0.3, 0.4) is 0 Å². The molecule has 2 aromatic rings. The summed E-state index contributed by atoms with van der Waals surface area (Å²) in [6.07, 6.45) is 0. The maximum absolute atomic E-state index is 8.97. The van der Waals surface area contributed by atoms with E-state index in [-0.39, 0.29) is 0 Å². The largest absolute Gasteiger partial charge is 0.487 e. The normalized spacial score (nSPS) is 9.94. The molecule has 0 saturated carbocycles. The van der Waals surface area contributed by atoms with Gasteiger partial charge in [-0.3, -0.25) is 0 Å². The van der Waals surface area contributed by atoms with Crippen LogP contribution in [0.15, 0.2) is 30.3 Å². The zero-order valence-corrected chi connectivity index (χ0v) is 10.9. The van der Waals surface area contributed by atoms with Gasteiger partial charge in [0.25, 0.3) is 0 Å². The van der Waals surface area contributed by atoms with Crippen LogP contribution in [0, 0.1) is 11.3 Å². The minimum Gasteiger partial charge on any atom is -0.487 e. The molecule has 0 atom stereocenters. The zero-order valence-electron chi connectivity index (χ0n) is 8.61. The molecule has 0 aliphatic carbocycles. The van der Waals surface area contributed by atoms with Gasteiger partial charge in [0, 0.05) is 4.88 Å². The Hall–Kier alpha value is -1.21. The fourth-order valence-corrected chi connectivity index (χ4v) is 2.52.